The number of ether oxygens (including phenoxy) is 2. The number of carbonyl (C=O) groups is 1. The van der Waals surface area contributed by atoms with Crippen LogP contribution < -0.4 is 5.32 Å². The zero-order valence-corrected chi connectivity index (χ0v) is 13.0. The number of aryl methyl sites for hydroxylation is 1. The first-order valence-corrected chi connectivity index (χ1v) is 6.94. The Bertz CT molecular complexity index is 453. The summed E-state index contributed by atoms with van der Waals surface area (Å²) in [6.07, 6.45) is 3.53. The molecule has 0 aromatic heterocycles. The number of rotatable bonds is 8. The van der Waals surface area contributed by atoms with Crippen LogP contribution in [0.15, 0.2) is 30.5 Å². The van der Waals surface area contributed by atoms with Gasteiger partial charge in [-0.1, -0.05) is 29.8 Å². The highest BCUT2D eigenvalue weighted by Gasteiger charge is 2.10. The molecule has 5 heteroatoms. The molecule has 1 rings (SSSR count). The average molecular weight is 292 g/mol. The molecule has 2 amide bonds. The van der Waals surface area contributed by atoms with Crippen LogP contribution in [0.3, 0.4) is 0 Å². The molecule has 116 valence electrons. The van der Waals surface area contributed by atoms with E-state index in [0.717, 1.165) is 5.56 Å². The van der Waals surface area contributed by atoms with Crippen LogP contribution >= 0.6 is 0 Å². The lowest BCUT2D eigenvalue weighted by molar-refractivity contribution is 0.124. The van der Waals surface area contributed by atoms with E-state index in [-0.39, 0.29) is 6.03 Å². The largest absolute Gasteiger partial charge is 0.383 e. The number of benzene rings is 1. The summed E-state index contributed by atoms with van der Waals surface area (Å²) in [5.74, 6) is 0. The van der Waals surface area contributed by atoms with Gasteiger partial charge in [0.15, 0.2) is 0 Å². The van der Waals surface area contributed by atoms with Crippen LogP contribution in [-0.4, -0.2) is 51.5 Å². The molecule has 0 aliphatic carbocycles. The maximum Gasteiger partial charge on any atom is 0.321 e. The third kappa shape index (κ3) is 6.92. The van der Waals surface area contributed by atoms with Crippen molar-refractivity contribution in [3.05, 3.63) is 41.6 Å². The summed E-state index contributed by atoms with van der Waals surface area (Å²) in [5, 5.41) is 2.76. The lowest BCUT2D eigenvalue weighted by atomic mass is 10.1. The lowest BCUT2D eigenvalue weighted by Gasteiger charge is -2.21. The van der Waals surface area contributed by atoms with Gasteiger partial charge in [-0.05, 0) is 18.6 Å². The van der Waals surface area contributed by atoms with Crippen molar-refractivity contribution in [1.29, 1.82) is 0 Å². The van der Waals surface area contributed by atoms with E-state index in [1.54, 1.807) is 25.3 Å². The van der Waals surface area contributed by atoms with Gasteiger partial charge in [0, 0.05) is 33.5 Å². The molecule has 1 aromatic carbocycles. The van der Waals surface area contributed by atoms with E-state index in [4.69, 9.17) is 9.47 Å². The third-order valence-electron chi connectivity index (χ3n) is 2.94. The molecular weight excluding hydrogens is 268 g/mol. The van der Waals surface area contributed by atoms with Crippen LogP contribution in [0.4, 0.5) is 4.79 Å². The Balaban J connectivity index is 2.51. The zero-order chi connectivity index (χ0) is 15.5. The predicted octanol–water partition coefficient (Wildman–Crippen LogP) is 2.27. The second-order valence-electron chi connectivity index (χ2n) is 4.67. The van der Waals surface area contributed by atoms with Crippen molar-refractivity contribution < 1.29 is 14.3 Å². The Morgan fingerprint density at radius 3 is 2.48 bits per heavy atom. The van der Waals surface area contributed by atoms with Gasteiger partial charge in [-0.25, -0.2) is 4.79 Å². The SMILES string of the molecule is COCCN(CCOC)C(=O)N/C=C/c1cccc(C)c1. The van der Waals surface area contributed by atoms with E-state index in [1.165, 1.54) is 5.56 Å². The van der Waals surface area contributed by atoms with Crippen molar-refractivity contribution in [1.82, 2.24) is 10.2 Å². The maximum absolute atomic E-state index is 12.1. The molecule has 0 saturated carbocycles. The van der Waals surface area contributed by atoms with E-state index in [1.807, 2.05) is 31.2 Å². The number of carbonyl (C=O) groups excluding carboxylic acids is 1. The Morgan fingerprint density at radius 1 is 1.24 bits per heavy atom. The van der Waals surface area contributed by atoms with Crippen molar-refractivity contribution in [2.45, 2.75) is 6.92 Å². The molecule has 0 aliphatic heterocycles. The highest BCUT2D eigenvalue weighted by atomic mass is 16.5. The number of hydrogen-bond acceptors (Lipinski definition) is 3. The van der Waals surface area contributed by atoms with Gasteiger partial charge >= 0.3 is 6.03 Å². The van der Waals surface area contributed by atoms with Gasteiger partial charge in [-0.3, -0.25) is 0 Å². The van der Waals surface area contributed by atoms with Crippen molar-refractivity contribution in [3.63, 3.8) is 0 Å². The molecule has 1 N–H and O–H groups in total. The second kappa shape index (κ2) is 9.96. The van der Waals surface area contributed by atoms with Gasteiger partial charge in [0.25, 0.3) is 0 Å². The average Bonchev–Trinajstić information content (AvgIpc) is 2.47. The first kappa shape index (κ1) is 17.2. The van der Waals surface area contributed by atoms with Gasteiger partial charge in [-0.15, -0.1) is 0 Å². The summed E-state index contributed by atoms with van der Waals surface area (Å²) in [6.45, 7) is 4.10. The van der Waals surface area contributed by atoms with E-state index in [9.17, 15) is 4.79 Å². The van der Waals surface area contributed by atoms with E-state index in [2.05, 4.69) is 11.4 Å². The Labute approximate surface area is 126 Å². The van der Waals surface area contributed by atoms with Crippen molar-refractivity contribution in [2.75, 3.05) is 40.5 Å². The summed E-state index contributed by atoms with van der Waals surface area (Å²) in [6, 6.07) is 7.90. The summed E-state index contributed by atoms with van der Waals surface area (Å²) >= 11 is 0. The molecule has 0 aliphatic rings. The minimum Gasteiger partial charge on any atom is -0.383 e. The molecule has 0 unspecified atom stereocenters. The Hall–Kier alpha value is -1.85. The van der Waals surface area contributed by atoms with E-state index < -0.39 is 0 Å². The van der Waals surface area contributed by atoms with Crippen LogP contribution in [0.2, 0.25) is 0 Å². The summed E-state index contributed by atoms with van der Waals surface area (Å²) in [5.41, 5.74) is 2.24. The van der Waals surface area contributed by atoms with Gasteiger partial charge in [0.05, 0.1) is 13.2 Å². The molecule has 1 aromatic rings. The Morgan fingerprint density at radius 2 is 1.90 bits per heavy atom. The van der Waals surface area contributed by atoms with E-state index >= 15 is 0 Å². The molecule has 0 heterocycles. The van der Waals surface area contributed by atoms with Gasteiger partial charge in [-0.2, -0.15) is 0 Å². The summed E-state index contributed by atoms with van der Waals surface area (Å²) in [7, 11) is 3.23. The number of amides is 2. The van der Waals surface area contributed by atoms with Crippen molar-refractivity contribution in [3.8, 4) is 0 Å². The molecule has 0 fully saturated rings. The molecule has 0 radical (unpaired) electrons. The molecular formula is C16H24N2O3. The second-order valence-corrected chi connectivity index (χ2v) is 4.67. The van der Waals surface area contributed by atoms with Gasteiger partial charge in [0.2, 0.25) is 0 Å². The van der Waals surface area contributed by atoms with Crippen molar-refractivity contribution >= 4 is 12.1 Å². The molecule has 0 spiro atoms. The normalized spacial score (nSPS) is 10.8. The van der Waals surface area contributed by atoms with Gasteiger partial charge in [0.1, 0.15) is 0 Å². The number of nitrogens with one attached hydrogen (secondary N) is 1. The van der Waals surface area contributed by atoms with Crippen LogP contribution in [0, 0.1) is 6.92 Å². The monoisotopic (exact) mass is 292 g/mol. The smallest absolute Gasteiger partial charge is 0.321 e. The highest BCUT2D eigenvalue weighted by Crippen LogP contribution is 2.05. The van der Waals surface area contributed by atoms with Crippen LogP contribution in [-0.2, 0) is 9.47 Å². The van der Waals surface area contributed by atoms with Crippen LogP contribution in [0.25, 0.3) is 6.08 Å². The number of methoxy groups -OCH3 is 2. The number of nitrogens with zero attached hydrogens (tertiary/aromatic N) is 1. The Kier molecular flexibility index (Phi) is 8.16. The first-order chi connectivity index (χ1) is 10.2. The minimum absolute atomic E-state index is 0.159. The quantitative estimate of drug-likeness (QED) is 0.799. The van der Waals surface area contributed by atoms with Crippen LogP contribution in [0.5, 0.6) is 0 Å². The highest BCUT2D eigenvalue weighted by molar-refractivity contribution is 5.76. The standard InChI is InChI=1S/C16H24N2O3/c1-14-5-4-6-15(13-14)7-8-17-16(19)18(9-11-20-2)10-12-21-3/h4-8,13H,9-12H2,1-3H3,(H,17,19)/b8-7+. The fourth-order valence-electron chi connectivity index (χ4n) is 1.79. The first-order valence-electron chi connectivity index (χ1n) is 6.94. The lowest BCUT2D eigenvalue weighted by Crippen LogP contribution is -2.41. The topological polar surface area (TPSA) is 50.8 Å². The minimum atomic E-state index is -0.159. The molecule has 0 bridgehead atoms. The summed E-state index contributed by atoms with van der Waals surface area (Å²) in [4.78, 5) is 13.7. The van der Waals surface area contributed by atoms with Crippen molar-refractivity contribution in [2.24, 2.45) is 0 Å². The molecule has 21 heavy (non-hydrogen) atoms. The van der Waals surface area contributed by atoms with E-state index in [0.29, 0.717) is 26.3 Å². The zero-order valence-electron chi connectivity index (χ0n) is 13.0. The fourth-order valence-corrected chi connectivity index (χ4v) is 1.79. The third-order valence-corrected chi connectivity index (χ3v) is 2.94. The summed E-state index contributed by atoms with van der Waals surface area (Å²) < 4.78 is 10.0. The number of urea groups is 1. The van der Waals surface area contributed by atoms with Gasteiger partial charge < -0.3 is 19.7 Å². The number of hydrogen-bond donors (Lipinski definition) is 1. The molecule has 5 nitrogen and oxygen atoms in total. The fraction of sp³-hybridized carbons (Fsp3) is 0.438. The maximum atomic E-state index is 12.1. The van der Waals surface area contributed by atoms with Crippen LogP contribution in [0.1, 0.15) is 11.1 Å². The predicted molar refractivity (Wildman–Crippen MR) is 84.1 cm³/mol. The molecule has 0 saturated heterocycles. The molecule has 0 atom stereocenters.